The number of benzene rings is 2. The van der Waals surface area contributed by atoms with Crippen LogP contribution < -0.4 is 10.5 Å². The summed E-state index contributed by atoms with van der Waals surface area (Å²) >= 11 is 0. The molecule has 3 aromatic rings. The number of piperidine rings is 1. The van der Waals surface area contributed by atoms with E-state index in [2.05, 4.69) is 14.9 Å². The van der Waals surface area contributed by atoms with Crippen molar-refractivity contribution in [1.82, 2.24) is 14.9 Å². The lowest BCUT2D eigenvalue weighted by atomic mass is 10.0. The van der Waals surface area contributed by atoms with E-state index in [0.29, 0.717) is 29.1 Å². The molecule has 5 rings (SSSR count). The second-order valence-electron chi connectivity index (χ2n) is 8.16. The molecule has 2 aliphatic rings. The molecule has 0 radical (unpaired) electrons. The number of hydrogen-bond acceptors (Lipinski definition) is 6. The van der Waals surface area contributed by atoms with Crippen LogP contribution in [-0.4, -0.2) is 46.9 Å². The first kappa shape index (κ1) is 19.7. The average molecular weight is 415 g/mol. The van der Waals surface area contributed by atoms with Gasteiger partial charge in [-0.1, -0.05) is 30.7 Å². The lowest BCUT2D eigenvalue weighted by molar-refractivity contribution is 0.104. The minimum atomic E-state index is -0.0568. The third-order valence-corrected chi connectivity index (χ3v) is 6.04. The summed E-state index contributed by atoms with van der Waals surface area (Å²) in [5, 5.41) is 0. The van der Waals surface area contributed by atoms with Gasteiger partial charge in [-0.3, -0.25) is 4.79 Å². The Balaban J connectivity index is 1.31. The number of rotatable bonds is 6. The number of carbonyl (C=O) groups excluding carboxylic acids is 1. The SMILES string of the molecule is Nc1nc(-c2ccc(OCCCN3CCCCC3)cc2)c2c(n1)-c1ccccc1C2=O. The van der Waals surface area contributed by atoms with E-state index < -0.39 is 0 Å². The molecular weight excluding hydrogens is 388 g/mol. The topological polar surface area (TPSA) is 81.3 Å². The minimum Gasteiger partial charge on any atom is -0.494 e. The predicted molar refractivity (Wildman–Crippen MR) is 121 cm³/mol. The molecule has 31 heavy (non-hydrogen) atoms. The zero-order valence-corrected chi connectivity index (χ0v) is 17.5. The first-order valence-electron chi connectivity index (χ1n) is 11.0. The smallest absolute Gasteiger partial charge is 0.221 e. The summed E-state index contributed by atoms with van der Waals surface area (Å²) < 4.78 is 5.93. The highest BCUT2D eigenvalue weighted by atomic mass is 16.5. The molecule has 1 saturated heterocycles. The Labute approximate surface area is 182 Å². The largest absolute Gasteiger partial charge is 0.494 e. The molecule has 1 aliphatic carbocycles. The summed E-state index contributed by atoms with van der Waals surface area (Å²) in [4.78, 5) is 24.3. The Morgan fingerprint density at radius 2 is 1.61 bits per heavy atom. The maximum atomic E-state index is 13.0. The molecule has 2 N–H and O–H groups in total. The van der Waals surface area contributed by atoms with Crippen LogP contribution in [0.4, 0.5) is 5.95 Å². The van der Waals surface area contributed by atoms with Gasteiger partial charge in [-0.2, -0.15) is 0 Å². The standard InChI is InChI=1S/C25H26N4O2/c26-25-27-22(21-23(28-25)19-7-2-3-8-20(19)24(21)30)17-9-11-18(12-10-17)31-16-6-15-29-13-4-1-5-14-29/h2-3,7-12H,1,4-6,13-16H2,(H2,26,27,28). The third-order valence-electron chi connectivity index (χ3n) is 6.04. The van der Waals surface area contributed by atoms with Crippen LogP contribution in [0.5, 0.6) is 5.75 Å². The molecule has 0 unspecified atom stereocenters. The fraction of sp³-hybridized carbons (Fsp3) is 0.320. The molecule has 1 fully saturated rings. The third kappa shape index (κ3) is 3.91. The number of ketones is 1. The quantitative estimate of drug-likeness (QED) is 0.477. The molecule has 6 heteroatoms. The Kier molecular flexibility index (Phi) is 5.38. The fourth-order valence-electron chi connectivity index (χ4n) is 4.49. The van der Waals surface area contributed by atoms with Crippen LogP contribution >= 0.6 is 0 Å². The summed E-state index contributed by atoms with van der Waals surface area (Å²) in [7, 11) is 0. The van der Waals surface area contributed by atoms with E-state index in [9.17, 15) is 4.79 Å². The maximum Gasteiger partial charge on any atom is 0.221 e. The monoisotopic (exact) mass is 414 g/mol. The highest BCUT2D eigenvalue weighted by molar-refractivity contribution is 6.23. The molecule has 1 aromatic heterocycles. The molecule has 2 heterocycles. The van der Waals surface area contributed by atoms with E-state index in [0.717, 1.165) is 29.8 Å². The van der Waals surface area contributed by atoms with Crippen LogP contribution in [0.15, 0.2) is 48.5 Å². The molecule has 0 amide bonds. The lowest BCUT2D eigenvalue weighted by Crippen LogP contribution is -2.31. The number of nitrogens with two attached hydrogens (primary N) is 1. The average Bonchev–Trinajstić information content (AvgIpc) is 3.09. The van der Waals surface area contributed by atoms with Gasteiger partial charge in [0.2, 0.25) is 5.95 Å². The zero-order chi connectivity index (χ0) is 21.2. The fourth-order valence-corrected chi connectivity index (χ4v) is 4.49. The number of likely N-dealkylation sites (tertiary alicyclic amines) is 1. The maximum absolute atomic E-state index is 13.0. The second kappa shape index (κ2) is 8.47. The van der Waals surface area contributed by atoms with Crippen molar-refractivity contribution in [3.8, 4) is 28.3 Å². The van der Waals surface area contributed by atoms with Crippen molar-refractivity contribution in [1.29, 1.82) is 0 Å². The molecule has 0 spiro atoms. The van der Waals surface area contributed by atoms with Crippen molar-refractivity contribution in [3.63, 3.8) is 0 Å². The Hall–Kier alpha value is -3.25. The van der Waals surface area contributed by atoms with Gasteiger partial charge in [0.25, 0.3) is 0 Å². The highest BCUT2D eigenvalue weighted by Crippen LogP contribution is 2.40. The molecule has 1 aliphatic heterocycles. The van der Waals surface area contributed by atoms with Gasteiger partial charge >= 0.3 is 0 Å². The van der Waals surface area contributed by atoms with Crippen LogP contribution in [-0.2, 0) is 0 Å². The van der Waals surface area contributed by atoms with Gasteiger partial charge in [-0.25, -0.2) is 9.97 Å². The Morgan fingerprint density at radius 1 is 0.903 bits per heavy atom. The van der Waals surface area contributed by atoms with E-state index in [1.54, 1.807) is 0 Å². The van der Waals surface area contributed by atoms with Gasteiger partial charge in [0.05, 0.1) is 23.6 Å². The number of carbonyl (C=O) groups is 1. The first-order valence-corrected chi connectivity index (χ1v) is 11.0. The molecule has 2 aromatic carbocycles. The summed E-state index contributed by atoms with van der Waals surface area (Å²) in [5.41, 5.74) is 9.97. The van der Waals surface area contributed by atoms with Gasteiger partial charge in [0.1, 0.15) is 5.75 Å². The van der Waals surface area contributed by atoms with Gasteiger partial charge in [0.15, 0.2) is 5.78 Å². The van der Waals surface area contributed by atoms with Crippen LogP contribution in [0.1, 0.15) is 41.6 Å². The zero-order valence-electron chi connectivity index (χ0n) is 17.5. The summed E-state index contributed by atoms with van der Waals surface area (Å²) in [6, 6.07) is 15.2. The number of ether oxygens (including phenoxy) is 1. The van der Waals surface area contributed by atoms with E-state index in [1.807, 2.05) is 48.5 Å². The van der Waals surface area contributed by atoms with Crippen molar-refractivity contribution in [2.75, 3.05) is 32.0 Å². The number of nitrogen functional groups attached to an aromatic ring is 1. The van der Waals surface area contributed by atoms with Gasteiger partial charge in [-0.15, -0.1) is 0 Å². The van der Waals surface area contributed by atoms with Gasteiger partial charge in [-0.05, 0) is 56.6 Å². The molecular formula is C25H26N4O2. The van der Waals surface area contributed by atoms with Crippen LogP contribution in [0.2, 0.25) is 0 Å². The first-order chi connectivity index (χ1) is 15.2. The number of anilines is 1. The lowest BCUT2D eigenvalue weighted by Gasteiger charge is -2.26. The van der Waals surface area contributed by atoms with E-state index in [4.69, 9.17) is 10.5 Å². The van der Waals surface area contributed by atoms with Crippen molar-refractivity contribution in [3.05, 3.63) is 59.7 Å². The molecule has 0 saturated carbocycles. The minimum absolute atomic E-state index is 0.0568. The molecule has 0 bridgehead atoms. The van der Waals surface area contributed by atoms with Gasteiger partial charge < -0.3 is 15.4 Å². The Bertz CT molecular complexity index is 1110. The van der Waals surface area contributed by atoms with E-state index >= 15 is 0 Å². The van der Waals surface area contributed by atoms with Gasteiger partial charge in [0, 0.05) is 23.2 Å². The van der Waals surface area contributed by atoms with Crippen molar-refractivity contribution in [2.45, 2.75) is 25.7 Å². The van der Waals surface area contributed by atoms with E-state index in [1.165, 1.54) is 32.4 Å². The molecule has 6 nitrogen and oxygen atoms in total. The number of fused-ring (bicyclic) bond motifs is 3. The van der Waals surface area contributed by atoms with Crippen molar-refractivity contribution < 1.29 is 9.53 Å². The summed E-state index contributed by atoms with van der Waals surface area (Å²) in [6.45, 7) is 4.21. The Morgan fingerprint density at radius 3 is 2.39 bits per heavy atom. The number of hydrogen-bond donors (Lipinski definition) is 1. The number of nitrogens with zero attached hydrogens (tertiary/aromatic N) is 3. The van der Waals surface area contributed by atoms with Crippen LogP contribution in [0.25, 0.3) is 22.5 Å². The molecule has 0 atom stereocenters. The van der Waals surface area contributed by atoms with E-state index in [-0.39, 0.29) is 11.7 Å². The summed E-state index contributed by atoms with van der Waals surface area (Å²) in [6.07, 6.45) is 5.00. The second-order valence-corrected chi connectivity index (χ2v) is 8.16. The molecule has 158 valence electrons. The van der Waals surface area contributed by atoms with Crippen molar-refractivity contribution >= 4 is 11.7 Å². The van der Waals surface area contributed by atoms with Crippen LogP contribution in [0, 0.1) is 0 Å². The van der Waals surface area contributed by atoms with Crippen molar-refractivity contribution in [2.24, 2.45) is 0 Å². The highest BCUT2D eigenvalue weighted by Gasteiger charge is 2.32. The predicted octanol–water partition coefficient (Wildman–Crippen LogP) is 4.19. The number of aromatic nitrogens is 2. The van der Waals surface area contributed by atoms with Crippen LogP contribution in [0.3, 0.4) is 0 Å². The normalized spacial score (nSPS) is 15.5. The summed E-state index contributed by atoms with van der Waals surface area (Å²) in [5.74, 6) is 0.922.